The maximum atomic E-state index is 11.4. The van der Waals surface area contributed by atoms with E-state index in [1.807, 2.05) is 31.2 Å². The van der Waals surface area contributed by atoms with Gasteiger partial charge in [0.25, 0.3) is 0 Å². The largest absolute Gasteiger partial charge is 0.338 e. The maximum Gasteiger partial charge on any atom is 0.321 e. The molecule has 0 aliphatic heterocycles. The first-order valence-electron chi connectivity index (χ1n) is 5.83. The number of aryl methyl sites for hydroxylation is 1. The molecule has 1 rings (SSSR count). The lowest BCUT2D eigenvalue weighted by Crippen LogP contribution is -2.40. The Kier molecular flexibility index (Phi) is 6.28. The smallest absolute Gasteiger partial charge is 0.321 e. The maximum absolute atomic E-state index is 11.4. The van der Waals surface area contributed by atoms with Crippen LogP contribution < -0.4 is 10.6 Å². The lowest BCUT2D eigenvalue weighted by atomic mass is 10.1. The van der Waals surface area contributed by atoms with Gasteiger partial charge in [-0.05, 0) is 25.0 Å². The Hall–Kier alpha value is -1.49. The average Bonchev–Trinajstić information content (AvgIpc) is 2.31. The number of thioether (sulfide) groups is 1. The Bertz CT molecular complexity index is 421. The minimum atomic E-state index is -0.431. The average molecular weight is 266 g/mol. The van der Waals surface area contributed by atoms with Crippen molar-refractivity contribution >= 4 is 23.7 Å². The monoisotopic (exact) mass is 266 g/mol. The molecule has 0 radical (unpaired) electrons. The lowest BCUT2D eigenvalue weighted by molar-refractivity contribution is -0.117. The number of rotatable bonds is 5. The fourth-order valence-corrected chi connectivity index (χ4v) is 2.30. The first-order chi connectivity index (χ1) is 8.63. The Morgan fingerprint density at radius 1 is 1.28 bits per heavy atom. The molecular weight excluding hydrogens is 248 g/mol. The van der Waals surface area contributed by atoms with Crippen molar-refractivity contribution in [1.82, 2.24) is 10.6 Å². The standard InChI is InChI=1S/C13H18N2O2S/c1-3-14-13(17)15-12(16)9-18-8-11-7-5-4-6-10(11)2/h4-7H,3,8-9H2,1-2H3,(H2,14,15,16,17). The summed E-state index contributed by atoms with van der Waals surface area (Å²) in [7, 11) is 0. The van der Waals surface area contributed by atoms with Crippen LogP contribution in [0.4, 0.5) is 4.79 Å². The lowest BCUT2D eigenvalue weighted by Gasteiger charge is -2.06. The summed E-state index contributed by atoms with van der Waals surface area (Å²) in [6.07, 6.45) is 0. The molecule has 0 aliphatic rings. The highest BCUT2D eigenvalue weighted by Crippen LogP contribution is 2.15. The van der Waals surface area contributed by atoms with Crippen LogP contribution in [-0.4, -0.2) is 24.2 Å². The second kappa shape index (κ2) is 7.76. The van der Waals surface area contributed by atoms with Gasteiger partial charge in [0.05, 0.1) is 5.75 Å². The number of imide groups is 1. The molecule has 0 saturated heterocycles. The van der Waals surface area contributed by atoms with Crippen LogP contribution in [0.25, 0.3) is 0 Å². The molecule has 0 unspecified atom stereocenters. The van der Waals surface area contributed by atoms with Crippen LogP contribution in [0.3, 0.4) is 0 Å². The first kappa shape index (κ1) is 14.6. The molecular formula is C13H18N2O2S. The Morgan fingerprint density at radius 2 is 2.00 bits per heavy atom. The number of benzene rings is 1. The molecule has 0 aliphatic carbocycles. The van der Waals surface area contributed by atoms with Gasteiger partial charge in [-0.1, -0.05) is 24.3 Å². The van der Waals surface area contributed by atoms with Gasteiger partial charge in [-0.2, -0.15) is 0 Å². The Morgan fingerprint density at radius 3 is 2.67 bits per heavy atom. The topological polar surface area (TPSA) is 58.2 Å². The molecule has 0 heterocycles. The third kappa shape index (κ3) is 5.23. The molecule has 98 valence electrons. The number of carbonyl (C=O) groups excluding carboxylic acids is 2. The van der Waals surface area contributed by atoms with Gasteiger partial charge in [0.1, 0.15) is 0 Å². The summed E-state index contributed by atoms with van der Waals surface area (Å²) in [5.74, 6) is 0.792. The van der Waals surface area contributed by atoms with Crippen LogP contribution in [-0.2, 0) is 10.5 Å². The molecule has 4 nitrogen and oxygen atoms in total. The van der Waals surface area contributed by atoms with E-state index >= 15 is 0 Å². The Balaban J connectivity index is 2.28. The van der Waals surface area contributed by atoms with E-state index in [4.69, 9.17) is 0 Å². The zero-order valence-corrected chi connectivity index (χ0v) is 11.5. The van der Waals surface area contributed by atoms with Crippen LogP contribution in [0.5, 0.6) is 0 Å². The van der Waals surface area contributed by atoms with E-state index in [0.29, 0.717) is 6.54 Å². The summed E-state index contributed by atoms with van der Waals surface area (Å²) in [6, 6.07) is 7.64. The fourth-order valence-electron chi connectivity index (χ4n) is 1.39. The van der Waals surface area contributed by atoms with Crippen molar-refractivity contribution in [2.75, 3.05) is 12.3 Å². The first-order valence-corrected chi connectivity index (χ1v) is 6.99. The molecule has 2 N–H and O–H groups in total. The molecule has 0 fully saturated rings. The Labute approximate surface area is 112 Å². The van der Waals surface area contributed by atoms with E-state index in [0.717, 1.165) is 5.75 Å². The zero-order chi connectivity index (χ0) is 13.4. The van der Waals surface area contributed by atoms with Gasteiger partial charge in [0.2, 0.25) is 5.91 Å². The van der Waals surface area contributed by atoms with Crippen molar-refractivity contribution in [1.29, 1.82) is 0 Å². The number of hydrogen-bond donors (Lipinski definition) is 2. The third-order valence-corrected chi connectivity index (χ3v) is 3.32. The summed E-state index contributed by atoms with van der Waals surface area (Å²) in [4.78, 5) is 22.5. The van der Waals surface area contributed by atoms with Gasteiger partial charge in [0, 0.05) is 12.3 Å². The highest BCUT2D eigenvalue weighted by atomic mass is 32.2. The summed E-state index contributed by atoms with van der Waals surface area (Å²) >= 11 is 1.50. The van der Waals surface area contributed by atoms with Crippen LogP contribution >= 0.6 is 11.8 Å². The van der Waals surface area contributed by atoms with Crippen molar-refractivity contribution < 1.29 is 9.59 Å². The summed E-state index contributed by atoms with van der Waals surface area (Å²) in [5, 5.41) is 4.79. The van der Waals surface area contributed by atoms with E-state index in [2.05, 4.69) is 10.6 Å². The van der Waals surface area contributed by atoms with Gasteiger partial charge in [0.15, 0.2) is 0 Å². The molecule has 5 heteroatoms. The molecule has 1 aromatic rings. The molecule has 0 aromatic heterocycles. The zero-order valence-electron chi connectivity index (χ0n) is 10.7. The number of nitrogens with one attached hydrogen (secondary N) is 2. The van der Waals surface area contributed by atoms with Crippen LogP contribution in [0.2, 0.25) is 0 Å². The van der Waals surface area contributed by atoms with E-state index in [1.54, 1.807) is 6.92 Å². The van der Waals surface area contributed by atoms with E-state index in [1.165, 1.54) is 22.9 Å². The summed E-state index contributed by atoms with van der Waals surface area (Å²) in [5.41, 5.74) is 2.43. The minimum absolute atomic E-state index is 0.264. The molecule has 0 bridgehead atoms. The number of urea groups is 1. The molecule has 0 saturated carbocycles. The molecule has 0 spiro atoms. The quantitative estimate of drug-likeness (QED) is 0.858. The van der Waals surface area contributed by atoms with Crippen molar-refractivity contribution in [2.24, 2.45) is 0 Å². The molecule has 1 aromatic carbocycles. The highest BCUT2D eigenvalue weighted by molar-refractivity contribution is 7.99. The van der Waals surface area contributed by atoms with Gasteiger partial charge in [-0.3, -0.25) is 10.1 Å². The summed E-state index contributed by atoms with van der Waals surface area (Å²) < 4.78 is 0. The van der Waals surface area contributed by atoms with Crippen LogP contribution in [0.1, 0.15) is 18.1 Å². The fraction of sp³-hybridized carbons (Fsp3) is 0.385. The van der Waals surface area contributed by atoms with Crippen molar-refractivity contribution in [3.05, 3.63) is 35.4 Å². The number of hydrogen-bond acceptors (Lipinski definition) is 3. The minimum Gasteiger partial charge on any atom is -0.338 e. The SMILES string of the molecule is CCNC(=O)NC(=O)CSCc1ccccc1C. The number of carbonyl (C=O) groups is 2. The van der Waals surface area contributed by atoms with E-state index < -0.39 is 6.03 Å². The van der Waals surface area contributed by atoms with E-state index in [-0.39, 0.29) is 11.7 Å². The van der Waals surface area contributed by atoms with Gasteiger partial charge in [-0.15, -0.1) is 11.8 Å². The van der Waals surface area contributed by atoms with Crippen molar-refractivity contribution in [3.63, 3.8) is 0 Å². The molecule has 3 amide bonds. The predicted molar refractivity (Wildman–Crippen MR) is 74.6 cm³/mol. The third-order valence-electron chi connectivity index (χ3n) is 2.34. The van der Waals surface area contributed by atoms with Gasteiger partial charge in [-0.25, -0.2) is 4.79 Å². The van der Waals surface area contributed by atoms with Crippen LogP contribution in [0.15, 0.2) is 24.3 Å². The van der Waals surface area contributed by atoms with Crippen molar-refractivity contribution in [2.45, 2.75) is 19.6 Å². The van der Waals surface area contributed by atoms with E-state index in [9.17, 15) is 9.59 Å². The predicted octanol–water partition coefficient (Wildman–Crippen LogP) is 2.07. The second-order valence-electron chi connectivity index (χ2n) is 3.83. The van der Waals surface area contributed by atoms with Crippen LogP contribution in [0, 0.1) is 6.92 Å². The molecule has 0 atom stereocenters. The van der Waals surface area contributed by atoms with Gasteiger partial charge < -0.3 is 5.32 Å². The van der Waals surface area contributed by atoms with Gasteiger partial charge >= 0.3 is 6.03 Å². The summed E-state index contributed by atoms with van der Waals surface area (Å²) in [6.45, 7) is 4.36. The second-order valence-corrected chi connectivity index (χ2v) is 4.81. The number of amides is 3. The molecule has 18 heavy (non-hydrogen) atoms. The van der Waals surface area contributed by atoms with Crippen molar-refractivity contribution in [3.8, 4) is 0 Å². The highest BCUT2D eigenvalue weighted by Gasteiger charge is 2.06. The normalized spacial score (nSPS) is 9.89.